The third-order valence-corrected chi connectivity index (χ3v) is 5.70. The van der Waals surface area contributed by atoms with E-state index in [2.05, 4.69) is 38.0 Å². The summed E-state index contributed by atoms with van der Waals surface area (Å²) in [7, 11) is 0. The predicted octanol–water partition coefficient (Wildman–Crippen LogP) is 5.24. The number of rotatable bonds is 7. The van der Waals surface area contributed by atoms with Gasteiger partial charge in [-0.15, -0.1) is 16.8 Å². The highest BCUT2D eigenvalue weighted by Crippen LogP contribution is 2.26. The minimum Gasteiger partial charge on any atom is -0.325 e. The van der Waals surface area contributed by atoms with Crippen molar-refractivity contribution < 1.29 is 4.79 Å². The molecule has 0 saturated heterocycles. The van der Waals surface area contributed by atoms with E-state index in [0.29, 0.717) is 11.7 Å². The molecule has 28 heavy (non-hydrogen) atoms. The Morgan fingerprint density at radius 2 is 1.86 bits per heavy atom. The van der Waals surface area contributed by atoms with Gasteiger partial charge in [0.15, 0.2) is 11.0 Å². The van der Waals surface area contributed by atoms with Gasteiger partial charge in [-0.25, -0.2) is 0 Å². The van der Waals surface area contributed by atoms with Crippen molar-refractivity contribution in [3.05, 3.63) is 70.7 Å². The van der Waals surface area contributed by atoms with Gasteiger partial charge in [0.1, 0.15) is 0 Å². The van der Waals surface area contributed by atoms with Crippen LogP contribution in [0.1, 0.15) is 11.1 Å². The monoisotopic (exact) mass is 456 g/mol. The smallest absolute Gasteiger partial charge is 0.234 e. The number of carbonyl (C=O) groups is 1. The van der Waals surface area contributed by atoms with Gasteiger partial charge in [0, 0.05) is 22.3 Å². The first kappa shape index (κ1) is 20.4. The average Bonchev–Trinajstić information content (AvgIpc) is 3.07. The van der Waals surface area contributed by atoms with Crippen molar-refractivity contribution >= 4 is 39.3 Å². The van der Waals surface area contributed by atoms with Crippen LogP contribution < -0.4 is 5.32 Å². The van der Waals surface area contributed by atoms with Crippen LogP contribution in [-0.2, 0) is 11.3 Å². The number of halogens is 1. The van der Waals surface area contributed by atoms with E-state index >= 15 is 0 Å². The molecule has 144 valence electrons. The molecule has 0 unspecified atom stereocenters. The molecule has 1 N–H and O–H groups in total. The molecule has 0 spiro atoms. The molecule has 0 saturated carbocycles. The minimum absolute atomic E-state index is 0.0688. The fourth-order valence-electron chi connectivity index (χ4n) is 2.82. The molecule has 3 aromatic rings. The van der Waals surface area contributed by atoms with Crippen LogP contribution in [0.25, 0.3) is 11.4 Å². The number of aromatic nitrogens is 3. The van der Waals surface area contributed by atoms with Gasteiger partial charge in [0.2, 0.25) is 5.91 Å². The highest BCUT2D eigenvalue weighted by atomic mass is 79.9. The number of allylic oxidation sites excluding steroid dienone is 1. The number of aryl methyl sites for hydroxylation is 2. The van der Waals surface area contributed by atoms with Crippen molar-refractivity contribution in [3.8, 4) is 11.4 Å². The molecule has 2 aromatic carbocycles. The lowest BCUT2D eigenvalue weighted by atomic mass is 10.1. The first-order chi connectivity index (χ1) is 13.5. The maximum absolute atomic E-state index is 12.5. The fraction of sp³-hybridized carbons (Fsp3) is 0.190. The number of nitrogens with zero attached hydrogens (tertiary/aromatic N) is 3. The molecule has 1 amide bonds. The van der Waals surface area contributed by atoms with Gasteiger partial charge >= 0.3 is 0 Å². The van der Waals surface area contributed by atoms with Crippen molar-refractivity contribution in [2.75, 3.05) is 11.1 Å². The molecule has 0 aliphatic heterocycles. The van der Waals surface area contributed by atoms with E-state index in [1.54, 1.807) is 6.08 Å². The Morgan fingerprint density at radius 3 is 2.50 bits per heavy atom. The minimum atomic E-state index is -0.0688. The van der Waals surface area contributed by atoms with Crippen LogP contribution in [0.3, 0.4) is 0 Å². The quantitative estimate of drug-likeness (QED) is 0.389. The second-order valence-electron chi connectivity index (χ2n) is 6.32. The largest absolute Gasteiger partial charge is 0.325 e. The number of anilines is 1. The van der Waals surface area contributed by atoms with Crippen LogP contribution in [0.5, 0.6) is 0 Å². The van der Waals surface area contributed by atoms with Gasteiger partial charge in [0.05, 0.1) is 5.75 Å². The Morgan fingerprint density at radius 1 is 1.18 bits per heavy atom. The number of carbonyl (C=O) groups excluding carboxylic acids is 1. The SMILES string of the molecule is C=CCn1c(SCC(=O)Nc2c(C)cccc2C)nnc1-c1ccc(Br)cc1. The summed E-state index contributed by atoms with van der Waals surface area (Å²) >= 11 is 4.81. The summed E-state index contributed by atoms with van der Waals surface area (Å²) in [4.78, 5) is 12.5. The molecule has 0 radical (unpaired) electrons. The zero-order valence-electron chi connectivity index (χ0n) is 15.8. The van der Waals surface area contributed by atoms with E-state index in [-0.39, 0.29) is 11.7 Å². The molecule has 0 aliphatic carbocycles. The molecule has 1 heterocycles. The van der Waals surface area contributed by atoms with Crippen LogP contribution in [0.2, 0.25) is 0 Å². The summed E-state index contributed by atoms with van der Waals surface area (Å²) in [6, 6.07) is 13.9. The Hall–Kier alpha value is -2.38. The first-order valence-corrected chi connectivity index (χ1v) is 10.6. The van der Waals surface area contributed by atoms with Crippen LogP contribution in [0, 0.1) is 13.8 Å². The van der Waals surface area contributed by atoms with Gasteiger partial charge in [-0.1, -0.05) is 64.1 Å². The fourth-order valence-corrected chi connectivity index (χ4v) is 3.83. The summed E-state index contributed by atoms with van der Waals surface area (Å²) in [5.41, 5.74) is 3.93. The van der Waals surface area contributed by atoms with Gasteiger partial charge in [-0.05, 0) is 37.1 Å². The van der Waals surface area contributed by atoms with Crippen molar-refractivity contribution in [3.63, 3.8) is 0 Å². The Balaban J connectivity index is 1.74. The number of thioether (sulfide) groups is 1. The molecular weight excluding hydrogens is 436 g/mol. The zero-order chi connectivity index (χ0) is 20.1. The molecule has 5 nitrogen and oxygen atoms in total. The van der Waals surface area contributed by atoms with Gasteiger partial charge < -0.3 is 5.32 Å². The standard InChI is InChI=1S/C21H21BrN4OS/c1-4-12-26-20(16-8-10-17(22)11-9-16)24-25-21(26)28-13-18(27)23-19-14(2)6-5-7-15(19)3/h4-11H,1,12-13H2,2-3H3,(H,23,27). The number of hydrogen-bond donors (Lipinski definition) is 1. The summed E-state index contributed by atoms with van der Waals surface area (Å²) in [6.07, 6.45) is 1.80. The van der Waals surface area contributed by atoms with Crippen molar-refractivity contribution in [1.29, 1.82) is 0 Å². The van der Waals surface area contributed by atoms with E-state index in [0.717, 1.165) is 32.7 Å². The average molecular weight is 457 g/mol. The Bertz CT molecular complexity index is 978. The lowest BCUT2D eigenvalue weighted by Gasteiger charge is -2.11. The molecule has 3 rings (SSSR count). The molecule has 0 aliphatic rings. The number of para-hydroxylation sites is 1. The van der Waals surface area contributed by atoms with E-state index in [1.165, 1.54) is 11.8 Å². The third kappa shape index (κ3) is 4.72. The topological polar surface area (TPSA) is 59.8 Å². The van der Waals surface area contributed by atoms with Crippen molar-refractivity contribution in [2.24, 2.45) is 0 Å². The summed E-state index contributed by atoms with van der Waals surface area (Å²) in [5.74, 6) is 0.939. The van der Waals surface area contributed by atoms with E-state index < -0.39 is 0 Å². The predicted molar refractivity (Wildman–Crippen MR) is 119 cm³/mol. The number of benzene rings is 2. The van der Waals surface area contributed by atoms with E-state index in [9.17, 15) is 4.79 Å². The normalized spacial score (nSPS) is 10.7. The zero-order valence-corrected chi connectivity index (χ0v) is 18.2. The summed E-state index contributed by atoms with van der Waals surface area (Å²) in [5, 5.41) is 12.3. The molecule has 7 heteroatoms. The maximum Gasteiger partial charge on any atom is 0.234 e. The van der Waals surface area contributed by atoms with Crippen molar-refractivity contribution in [1.82, 2.24) is 14.8 Å². The Kier molecular flexibility index (Phi) is 6.70. The van der Waals surface area contributed by atoms with Crippen LogP contribution in [-0.4, -0.2) is 26.4 Å². The lowest BCUT2D eigenvalue weighted by molar-refractivity contribution is -0.113. The second-order valence-corrected chi connectivity index (χ2v) is 8.17. The number of nitrogens with one attached hydrogen (secondary N) is 1. The number of amides is 1. The summed E-state index contributed by atoms with van der Waals surface area (Å²) in [6.45, 7) is 8.37. The molecule has 0 fully saturated rings. The highest BCUT2D eigenvalue weighted by Gasteiger charge is 2.15. The van der Waals surface area contributed by atoms with E-state index in [4.69, 9.17) is 0 Å². The molecular formula is C21H21BrN4OS. The lowest BCUT2D eigenvalue weighted by Crippen LogP contribution is -2.16. The maximum atomic E-state index is 12.5. The van der Waals surface area contributed by atoms with Crippen LogP contribution >= 0.6 is 27.7 Å². The van der Waals surface area contributed by atoms with Gasteiger partial charge in [-0.2, -0.15) is 0 Å². The molecule has 0 bridgehead atoms. The molecule has 1 aromatic heterocycles. The Labute approximate surface area is 177 Å². The first-order valence-electron chi connectivity index (χ1n) is 8.78. The molecule has 0 atom stereocenters. The van der Waals surface area contributed by atoms with E-state index in [1.807, 2.05) is 60.9 Å². The summed E-state index contributed by atoms with van der Waals surface area (Å²) < 4.78 is 2.97. The van der Waals surface area contributed by atoms with Crippen LogP contribution in [0.4, 0.5) is 5.69 Å². The second kappa shape index (κ2) is 9.21. The third-order valence-electron chi connectivity index (χ3n) is 4.21. The highest BCUT2D eigenvalue weighted by molar-refractivity contribution is 9.10. The van der Waals surface area contributed by atoms with Gasteiger partial charge in [-0.3, -0.25) is 9.36 Å². The van der Waals surface area contributed by atoms with Crippen LogP contribution in [0.15, 0.2) is 64.7 Å². The number of hydrogen-bond acceptors (Lipinski definition) is 4. The van der Waals surface area contributed by atoms with Gasteiger partial charge in [0.25, 0.3) is 0 Å². The van der Waals surface area contributed by atoms with Crippen molar-refractivity contribution in [2.45, 2.75) is 25.5 Å².